The maximum atomic E-state index is 14.0. The third-order valence-corrected chi connectivity index (χ3v) is 8.87. The van der Waals surface area contributed by atoms with Gasteiger partial charge in [0.05, 0.1) is 31.7 Å². The summed E-state index contributed by atoms with van der Waals surface area (Å²) in [5, 5.41) is 30.1. The Hall–Kier alpha value is -5.19. The van der Waals surface area contributed by atoms with Gasteiger partial charge in [0.25, 0.3) is 0 Å². The summed E-state index contributed by atoms with van der Waals surface area (Å²) >= 11 is 0. The average Bonchev–Trinajstić information content (AvgIpc) is 3.24. The highest BCUT2D eigenvalue weighted by molar-refractivity contribution is 6.25. The first-order valence-corrected chi connectivity index (χ1v) is 13.6. The summed E-state index contributed by atoms with van der Waals surface area (Å²) in [5.74, 6) is -6.74. The third-order valence-electron chi connectivity index (χ3n) is 8.87. The van der Waals surface area contributed by atoms with Gasteiger partial charge in [-0.25, -0.2) is 9.69 Å². The molecule has 1 fully saturated rings. The van der Waals surface area contributed by atoms with Crippen LogP contribution in [0, 0.1) is 17.8 Å². The number of methoxy groups -OCH3 is 2. The summed E-state index contributed by atoms with van der Waals surface area (Å²) in [6.07, 6.45) is 3.37. The third kappa shape index (κ3) is 4.06. The molecule has 4 aliphatic rings. The Balaban J connectivity index is 1.49. The van der Waals surface area contributed by atoms with Crippen molar-refractivity contribution in [1.82, 2.24) is 0 Å². The smallest absolute Gasteiger partial charge is 0.339 e. The number of carbonyl (C=O) groups excluding carboxylic acids is 4. The first-order chi connectivity index (χ1) is 20.5. The van der Waals surface area contributed by atoms with E-state index >= 15 is 0 Å². The van der Waals surface area contributed by atoms with E-state index in [1.807, 2.05) is 6.08 Å². The number of ketones is 2. The van der Waals surface area contributed by atoms with E-state index < -0.39 is 47.2 Å². The fourth-order valence-electron chi connectivity index (χ4n) is 6.92. The number of carboxylic acids is 1. The minimum Gasteiger partial charge on any atom is -0.507 e. The number of imide groups is 1. The van der Waals surface area contributed by atoms with Gasteiger partial charge in [-0.3, -0.25) is 19.2 Å². The number of phenols is 2. The molecule has 0 radical (unpaired) electrons. The molecule has 0 saturated carbocycles. The van der Waals surface area contributed by atoms with Crippen molar-refractivity contribution in [1.29, 1.82) is 0 Å². The number of fused-ring (bicyclic) bond motifs is 3. The minimum absolute atomic E-state index is 0.0381. The maximum Gasteiger partial charge on any atom is 0.339 e. The van der Waals surface area contributed by atoms with Gasteiger partial charge in [0.2, 0.25) is 17.6 Å². The molecule has 11 heteroatoms. The number of nitrogens with zero attached hydrogens (tertiary/aromatic N) is 1. The van der Waals surface area contributed by atoms with Crippen molar-refractivity contribution in [3.8, 4) is 23.0 Å². The Morgan fingerprint density at radius 2 is 1.63 bits per heavy atom. The Labute approximate surface area is 245 Å². The highest BCUT2D eigenvalue weighted by atomic mass is 16.5. The minimum atomic E-state index is -1.36. The van der Waals surface area contributed by atoms with Crippen molar-refractivity contribution in [3.05, 3.63) is 75.9 Å². The maximum absolute atomic E-state index is 14.0. The number of phenolic OH excluding ortho intramolecular Hbond substituents is 1. The number of aromatic carboxylic acids is 1. The number of amides is 2. The van der Waals surface area contributed by atoms with Gasteiger partial charge in [-0.2, -0.15) is 0 Å². The van der Waals surface area contributed by atoms with Gasteiger partial charge < -0.3 is 24.8 Å². The second-order valence-corrected chi connectivity index (χ2v) is 11.0. The van der Waals surface area contributed by atoms with E-state index in [2.05, 4.69) is 0 Å². The molecule has 2 aromatic rings. The summed E-state index contributed by atoms with van der Waals surface area (Å²) in [4.78, 5) is 66.9. The van der Waals surface area contributed by atoms with E-state index in [-0.39, 0.29) is 69.6 Å². The van der Waals surface area contributed by atoms with Gasteiger partial charge >= 0.3 is 5.97 Å². The van der Waals surface area contributed by atoms with Crippen molar-refractivity contribution in [2.24, 2.45) is 17.8 Å². The predicted octanol–water partition coefficient (Wildman–Crippen LogP) is 3.45. The number of anilines is 1. The molecule has 6 rings (SSSR count). The Morgan fingerprint density at radius 3 is 2.23 bits per heavy atom. The number of rotatable bonds is 5. The zero-order chi connectivity index (χ0) is 30.9. The number of aromatic hydroxyl groups is 2. The topological polar surface area (TPSA) is 168 Å². The quantitative estimate of drug-likeness (QED) is 0.269. The fourth-order valence-corrected chi connectivity index (χ4v) is 6.92. The average molecular weight is 586 g/mol. The SMILES string of the molecule is COc1cc([C@H]2C3=CC[C@@H]4C(=O)N(c5ccc(C(=O)O)c(O)c5)C(=O)[C@@H]4[C@@H]3CC3=C2C(=O)C(C)=CC3=O)cc(OC)c1O. The molecule has 2 amide bonds. The van der Waals surface area contributed by atoms with Gasteiger partial charge in [-0.05, 0) is 61.6 Å². The lowest BCUT2D eigenvalue weighted by Crippen LogP contribution is -2.39. The van der Waals surface area contributed by atoms with E-state index in [0.717, 1.165) is 17.0 Å². The molecule has 4 atom stereocenters. The highest BCUT2D eigenvalue weighted by Gasteiger charge is 2.56. The lowest BCUT2D eigenvalue weighted by molar-refractivity contribution is -0.123. The summed E-state index contributed by atoms with van der Waals surface area (Å²) in [7, 11) is 2.74. The van der Waals surface area contributed by atoms with Crippen LogP contribution in [0.2, 0.25) is 0 Å². The van der Waals surface area contributed by atoms with Crippen LogP contribution >= 0.6 is 0 Å². The summed E-state index contributed by atoms with van der Waals surface area (Å²) in [6, 6.07) is 6.62. The van der Waals surface area contributed by atoms with E-state index in [9.17, 15) is 39.3 Å². The standard InChI is InChI=1S/C32H27NO10/c1-13-8-21(34)20-12-19-16(25(27(20)28(13)36)14-9-23(42-2)29(37)24(10-14)43-3)6-7-18-26(19)31(39)33(30(18)38)15-4-5-17(32(40)41)22(35)11-15/h4-6,8-11,18-19,25-26,35,37H,7,12H2,1-3H3,(H,40,41)/t18-,19+,25-,26-/m0/s1. The molecule has 0 aromatic heterocycles. The predicted molar refractivity (Wildman–Crippen MR) is 150 cm³/mol. The highest BCUT2D eigenvalue weighted by Crippen LogP contribution is 2.56. The first-order valence-electron chi connectivity index (χ1n) is 13.6. The molecule has 1 heterocycles. The van der Waals surface area contributed by atoms with Crippen molar-refractivity contribution in [2.45, 2.75) is 25.7 Å². The monoisotopic (exact) mass is 585 g/mol. The Morgan fingerprint density at radius 1 is 0.953 bits per heavy atom. The summed E-state index contributed by atoms with van der Waals surface area (Å²) in [5.41, 5.74) is 1.69. The van der Waals surface area contributed by atoms with Crippen LogP contribution in [0.5, 0.6) is 23.0 Å². The Bertz CT molecular complexity index is 1740. The number of hydrogen-bond acceptors (Lipinski definition) is 9. The number of allylic oxidation sites excluding steroid dienone is 6. The van der Waals surface area contributed by atoms with Crippen LogP contribution < -0.4 is 14.4 Å². The molecule has 0 bridgehead atoms. The van der Waals surface area contributed by atoms with Crippen LogP contribution in [0.25, 0.3) is 0 Å². The lowest BCUT2D eigenvalue weighted by Gasteiger charge is -2.42. The molecular formula is C32H27NO10. The van der Waals surface area contributed by atoms with Crippen LogP contribution in [0.15, 0.2) is 64.8 Å². The molecule has 0 unspecified atom stereocenters. The van der Waals surface area contributed by atoms with Gasteiger partial charge in [0.1, 0.15) is 11.3 Å². The van der Waals surface area contributed by atoms with Crippen molar-refractivity contribution < 1.29 is 48.8 Å². The van der Waals surface area contributed by atoms with Gasteiger partial charge in [-0.15, -0.1) is 0 Å². The Kier molecular flexibility index (Phi) is 6.48. The van der Waals surface area contributed by atoms with Crippen LogP contribution in [0.3, 0.4) is 0 Å². The van der Waals surface area contributed by atoms with E-state index in [0.29, 0.717) is 11.1 Å². The second-order valence-electron chi connectivity index (χ2n) is 11.0. The van der Waals surface area contributed by atoms with E-state index in [4.69, 9.17) is 9.47 Å². The largest absolute Gasteiger partial charge is 0.507 e. The number of Topliss-reactive ketones (excluding diaryl/α,β-unsaturated/α-hetero) is 1. The normalized spacial score (nSPS) is 24.7. The molecule has 1 aliphatic heterocycles. The van der Waals surface area contributed by atoms with E-state index in [1.165, 1.54) is 26.4 Å². The van der Waals surface area contributed by atoms with Crippen LogP contribution in [-0.2, 0) is 19.2 Å². The van der Waals surface area contributed by atoms with Gasteiger partial charge in [0, 0.05) is 28.7 Å². The first kappa shape index (κ1) is 28.0. The zero-order valence-electron chi connectivity index (χ0n) is 23.4. The van der Waals surface area contributed by atoms with Crippen LogP contribution in [0.1, 0.15) is 41.6 Å². The molecule has 2 aromatic carbocycles. The molecule has 43 heavy (non-hydrogen) atoms. The van der Waals surface area contributed by atoms with Gasteiger partial charge in [-0.1, -0.05) is 11.6 Å². The summed E-state index contributed by atoms with van der Waals surface area (Å²) in [6.45, 7) is 1.57. The fraction of sp³-hybridized carbons (Fsp3) is 0.281. The summed E-state index contributed by atoms with van der Waals surface area (Å²) < 4.78 is 10.7. The zero-order valence-corrected chi connectivity index (χ0v) is 23.4. The van der Waals surface area contributed by atoms with Crippen LogP contribution in [-0.4, -0.2) is 58.9 Å². The van der Waals surface area contributed by atoms with Gasteiger partial charge in [0.15, 0.2) is 23.1 Å². The number of hydrogen-bond donors (Lipinski definition) is 3. The van der Waals surface area contributed by atoms with Crippen molar-refractivity contribution in [3.63, 3.8) is 0 Å². The molecule has 1 saturated heterocycles. The molecule has 0 spiro atoms. The van der Waals surface area contributed by atoms with Crippen molar-refractivity contribution >= 4 is 35.0 Å². The molecule has 3 aliphatic carbocycles. The molecule has 11 nitrogen and oxygen atoms in total. The van der Waals surface area contributed by atoms with E-state index in [1.54, 1.807) is 19.1 Å². The number of carbonyl (C=O) groups is 5. The van der Waals surface area contributed by atoms with Crippen LogP contribution in [0.4, 0.5) is 5.69 Å². The molecule has 3 N–H and O–H groups in total. The van der Waals surface area contributed by atoms with Crippen molar-refractivity contribution in [2.75, 3.05) is 19.1 Å². The lowest BCUT2D eigenvalue weighted by atomic mass is 9.59. The number of benzene rings is 2. The second kappa shape index (κ2) is 9.97. The number of carboxylic acid groups (broad SMARTS) is 1. The molecular weight excluding hydrogens is 558 g/mol. The molecule has 220 valence electrons. The number of ether oxygens (including phenoxy) is 2.